The summed E-state index contributed by atoms with van der Waals surface area (Å²) in [6, 6.07) is 10.4. The molecule has 0 atom stereocenters. The molecule has 10 heteroatoms. The van der Waals surface area contributed by atoms with Gasteiger partial charge in [0.15, 0.2) is 5.75 Å². The summed E-state index contributed by atoms with van der Waals surface area (Å²) < 4.78 is 5.78. The van der Waals surface area contributed by atoms with Crippen molar-refractivity contribution in [3.63, 3.8) is 0 Å². The van der Waals surface area contributed by atoms with Crippen LogP contribution in [0, 0.1) is 0 Å². The van der Waals surface area contributed by atoms with E-state index in [1.807, 2.05) is 12.1 Å². The molecular weight excluding hydrogens is 531 g/mol. The topological polar surface area (TPSA) is 66.9 Å². The van der Waals surface area contributed by atoms with Gasteiger partial charge in [0.05, 0.1) is 15.0 Å². The molecule has 4 rings (SSSR count). The van der Waals surface area contributed by atoms with Crippen molar-refractivity contribution in [2.45, 2.75) is 32.3 Å². The number of amides is 3. The second-order valence-corrected chi connectivity index (χ2v) is 10.5. The predicted octanol–water partition coefficient (Wildman–Crippen LogP) is 6.66. The van der Waals surface area contributed by atoms with Crippen LogP contribution >= 0.6 is 46.6 Å². The first-order valence-corrected chi connectivity index (χ1v) is 13.2. The number of halogens is 3. The lowest BCUT2D eigenvalue weighted by Gasteiger charge is -2.22. The van der Waals surface area contributed by atoms with Crippen molar-refractivity contribution >= 4 is 69.7 Å². The summed E-state index contributed by atoms with van der Waals surface area (Å²) >= 11 is 19.5. The van der Waals surface area contributed by atoms with Crippen molar-refractivity contribution in [3.05, 3.63) is 67.5 Å². The standard InChI is InChI=1S/C25H23Cl3N2O4S/c26-18-7-5-16(6-8-18)15-34-23-19(27)11-17(12-20(23)28)13-21-24(32)30(25(33)35-21)14-22(31)29-9-3-1-2-4-10-29/h5-8,11-13H,1-4,9-10,14-15H2. The number of benzene rings is 2. The Morgan fingerprint density at radius 2 is 1.60 bits per heavy atom. The maximum Gasteiger partial charge on any atom is 0.294 e. The summed E-state index contributed by atoms with van der Waals surface area (Å²) in [5.74, 6) is -0.390. The first-order valence-electron chi connectivity index (χ1n) is 11.2. The Balaban J connectivity index is 1.44. The molecule has 2 aliphatic heterocycles. The largest absolute Gasteiger partial charge is 0.486 e. The first kappa shape index (κ1) is 25.9. The van der Waals surface area contributed by atoms with Crippen molar-refractivity contribution in [2.75, 3.05) is 19.6 Å². The van der Waals surface area contributed by atoms with E-state index >= 15 is 0 Å². The summed E-state index contributed by atoms with van der Waals surface area (Å²) in [5.41, 5.74) is 1.44. The van der Waals surface area contributed by atoms with Gasteiger partial charge in [0.1, 0.15) is 13.2 Å². The fourth-order valence-electron chi connectivity index (χ4n) is 3.88. The molecule has 0 spiro atoms. The van der Waals surface area contributed by atoms with Crippen LogP contribution in [-0.4, -0.2) is 46.5 Å². The summed E-state index contributed by atoms with van der Waals surface area (Å²) in [7, 11) is 0. The Bertz CT molecular complexity index is 1140. The van der Waals surface area contributed by atoms with Gasteiger partial charge in [0.25, 0.3) is 11.1 Å². The van der Waals surface area contributed by atoms with Crippen LogP contribution in [0.4, 0.5) is 4.79 Å². The van der Waals surface area contributed by atoms with E-state index in [0.717, 1.165) is 47.9 Å². The Labute approximate surface area is 223 Å². The molecule has 35 heavy (non-hydrogen) atoms. The lowest BCUT2D eigenvalue weighted by Crippen LogP contribution is -2.42. The van der Waals surface area contributed by atoms with Crippen molar-refractivity contribution in [2.24, 2.45) is 0 Å². The maximum absolute atomic E-state index is 12.9. The van der Waals surface area contributed by atoms with Crippen molar-refractivity contribution in [1.82, 2.24) is 9.80 Å². The number of hydrogen-bond acceptors (Lipinski definition) is 5. The van der Waals surface area contributed by atoms with E-state index in [0.29, 0.717) is 29.4 Å². The molecule has 2 aromatic carbocycles. The average molecular weight is 554 g/mol. The number of rotatable bonds is 6. The Morgan fingerprint density at radius 1 is 0.971 bits per heavy atom. The monoisotopic (exact) mass is 552 g/mol. The van der Waals surface area contributed by atoms with Gasteiger partial charge in [-0.05, 0) is 66.1 Å². The van der Waals surface area contributed by atoms with Gasteiger partial charge in [-0.1, -0.05) is 59.8 Å². The summed E-state index contributed by atoms with van der Waals surface area (Å²) in [6.07, 6.45) is 5.60. The zero-order valence-corrected chi connectivity index (χ0v) is 21.9. The van der Waals surface area contributed by atoms with Crippen molar-refractivity contribution in [3.8, 4) is 5.75 Å². The average Bonchev–Trinajstić information content (AvgIpc) is 3.01. The summed E-state index contributed by atoms with van der Waals surface area (Å²) in [4.78, 5) is 41.0. The second-order valence-electron chi connectivity index (χ2n) is 8.29. The number of carbonyl (C=O) groups excluding carboxylic acids is 3. The van der Waals surface area contributed by atoms with Gasteiger partial charge in [-0.3, -0.25) is 19.3 Å². The maximum atomic E-state index is 12.9. The third-order valence-electron chi connectivity index (χ3n) is 5.74. The molecular formula is C25H23Cl3N2O4S. The Kier molecular flexibility index (Phi) is 8.65. The van der Waals surface area contributed by atoms with Crippen LogP contribution in [-0.2, 0) is 16.2 Å². The number of ether oxygens (including phenoxy) is 1. The fourth-order valence-corrected chi connectivity index (χ4v) is 5.46. The molecule has 2 fully saturated rings. The minimum absolute atomic E-state index is 0.205. The molecule has 0 saturated carbocycles. The molecule has 0 bridgehead atoms. The van der Waals surface area contributed by atoms with Gasteiger partial charge in [-0.15, -0.1) is 0 Å². The number of likely N-dealkylation sites (tertiary alicyclic amines) is 1. The molecule has 3 amide bonds. The zero-order chi connectivity index (χ0) is 24.9. The molecule has 2 saturated heterocycles. The van der Waals surface area contributed by atoms with Crippen LogP contribution in [0.2, 0.25) is 15.1 Å². The van der Waals surface area contributed by atoms with E-state index < -0.39 is 11.1 Å². The third-order valence-corrected chi connectivity index (χ3v) is 7.46. The highest BCUT2D eigenvalue weighted by Gasteiger charge is 2.37. The van der Waals surface area contributed by atoms with E-state index in [2.05, 4.69) is 0 Å². The van der Waals surface area contributed by atoms with Gasteiger partial charge < -0.3 is 9.64 Å². The summed E-state index contributed by atoms with van der Waals surface area (Å²) in [6.45, 7) is 1.32. The van der Waals surface area contributed by atoms with E-state index in [4.69, 9.17) is 39.5 Å². The molecule has 0 aliphatic carbocycles. The SMILES string of the molecule is O=C(CN1C(=O)SC(=Cc2cc(Cl)c(OCc3ccc(Cl)cc3)c(Cl)c2)C1=O)N1CCCCCC1. The van der Waals surface area contributed by atoms with Gasteiger partial charge in [-0.2, -0.15) is 0 Å². The Hall–Kier alpha value is -2.19. The number of imide groups is 1. The van der Waals surface area contributed by atoms with Crippen LogP contribution in [0.15, 0.2) is 41.3 Å². The number of nitrogens with zero attached hydrogens (tertiary/aromatic N) is 2. The molecule has 0 N–H and O–H groups in total. The minimum Gasteiger partial charge on any atom is -0.486 e. The molecule has 0 unspecified atom stereocenters. The lowest BCUT2D eigenvalue weighted by atomic mass is 10.2. The molecule has 0 radical (unpaired) electrons. The molecule has 2 aliphatic rings. The van der Waals surface area contributed by atoms with Crippen LogP contribution in [0.5, 0.6) is 5.75 Å². The molecule has 2 aromatic rings. The van der Waals surface area contributed by atoms with Crippen LogP contribution in [0.1, 0.15) is 36.8 Å². The van der Waals surface area contributed by atoms with Gasteiger partial charge in [0, 0.05) is 18.1 Å². The van der Waals surface area contributed by atoms with Crippen LogP contribution in [0.25, 0.3) is 6.08 Å². The third kappa shape index (κ3) is 6.53. The fraction of sp³-hybridized carbons (Fsp3) is 0.320. The second kappa shape index (κ2) is 11.7. The number of hydrogen-bond donors (Lipinski definition) is 0. The van der Waals surface area contributed by atoms with E-state index in [9.17, 15) is 14.4 Å². The highest BCUT2D eigenvalue weighted by molar-refractivity contribution is 8.18. The quantitative estimate of drug-likeness (QED) is 0.374. The van der Waals surface area contributed by atoms with E-state index in [1.54, 1.807) is 35.2 Å². The number of thioether (sulfide) groups is 1. The smallest absolute Gasteiger partial charge is 0.294 e. The Morgan fingerprint density at radius 3 is 2.23 bits per heavy atom. The number of carbonyl (C=O) groups is 3. The van der Waals surface area contributed by atoms with Crippen LogP contribution in [0.3, 0.4) is 0 Å². The normalized spacial score (nSPS) is 17.7. The molecule has 6 nitrogen and oxygen atoms in total. The highest BCUT2D eigenvalue weighted by Crippen LogP contribution is 2.38. The molecule has 184 valence electrons. The summed E-state index contributed by atoms with van der Waals surface area (Å²) in [5, 5.41) is 0.705. The van der Waals surface area contributed by atoms with Crippen molar-refractivity contribution < 1.29 is 19.1 Å². The highest BCUT2D eigenvalue weighted by atomic mass is 35.5. The van der Waals surface area contributed by atoms with Crippen molar-refractivity contribution in [1.29, 1.82) is 0 Å². The van der Waals surface area contributed by atoms with Gasteiger partial charge >= 0.3 is 0 Å². The van der Waals surface area contributed by atoms with Gasteiger partial charge in [0.2, 0.25) is 5.91 Å². The minimum atomic E-state index is -0.501. The van der Waals surface area contributed by atoms with E-state index in [-0.39, 0.29) is 34.0 Å². The van der Waals surface area contributed by atoms with Crippen LogP contribution < -0.4 is 4.74 Å². The van der Waals surface area contributed by atoms with Gasteiger partial charge in [-0.25, -0.2) is 0 Å². The lowest BCUT2D eigenvalue weighted by molar-refractivity contribution is -0.135. The molecule has 0 aromatic heterocycles. The predicted molar refractivity (Wildman–Crippen MR) is 140 cm³/mol. The first-order chi connectivity index (χ1) is 16.8. The zero-order valence-electron chi connectivity index (χ0n) is 18.8. The van der Waals surface area contributed by atoms with E-state index in [1.165, 1.54) is 0 Å². The molecule has 2 heterocycles.